The van der Waals surface area contributed by atoms with Crippen LogP contribution in [0.3, 0.4) is 0 Å². The van der Waals surface area contributed by atoms with E-state index >= 15 is 0 Å². The van der Waals surface area contributed by atoms with Crippen LogP contribution in [0.15, 0.2) is 34.3 Å². The van der Waals surface area contributed by atoms with E-state index in [0.29, 0.717) is 6.42 Å². The summed E-state index contributed by atoms with van der Waals surface area (Å²) in [5.41, 5.74) is 6.31. The molecule has 16 heavy (non-hydrogen) atoms. The predicted molar refractivity (Wildman–Crippen MR) is 61.4 cm³/mol. The summed E-state index contributed by atoms with van der Waals surface area (Å²) in [4.78, 5) is 0.0609. The largest absolute Gasteiger partial charge is 0.384 e. The highest BCUT2D eigenvalue weighted by molar-refractivity contribution is 7.86. The fourth-order valence-electron chi connectivity index (χ4n) is 0.909. The van der Waals surface area contributed by atoms with Crippen LogP contribution in [-0.2, 0) is 14.4 Å². The van der Waals surface area contributed by atoms with E-state index in [4.69, 9.17) is 5.73 Å². The second kappa shape index (κ2) is 4.98. The van der Waals surface area contributed by atoms with Crippen LogP contribution in [0.4, 0.5) is 0 Å². The van der Waals surface area contributed by atoms with Crippen molar-refractivity contribution in [3.63, 3.8) is 0 Å². The van der Waals surface area contributed by atoms with Gasteiger partial charge in [-0.15, -0.1) is 0 Å². The average molecular weight is 242 g/mol. The lowest BCUT2D eigenvalue weighted by Gasteiger charge is -2.02. The first-order valence-corrected chi connectivity index (χ1v) is 6.19. The first-order valence-electron chi connectivity index (χ1n) is 4.78. The zero-order valence-electron chi connectivity index (χ0n) is 9.17. The van der Waals surface area contributed by atoms with Crippen molar-refractivity contribution in [2.75, 3.05) is 0 Å². The van der Waals surface area contributed by atoms with Crippen molar-refractivity contribution < 1.29 is 12.7 Å². The molecular weight excluding hydrogens is 228 g/mol. The van der Waals surface area contributed by atoms with Crippen LogP contribution >= 0.6 is 0 Å². The first-order chi connectivity index (χ1) is 7.45. The third-order valence-corrected chi connectivity index (χ3v) is 3.04. The highest BCUT2D eigenvalue weighted by Crippen LogP contribution is 2.13. The molecular formula is C10H14N2O3S. The number of hydrogen-bond donors (Lipinski definition) is 1. The Morgan fingerprint density at radius 2 is 1.94 bits per heavy atom. The Morgan fingerprint density at radius 3 is 2.44 bits per heavy atom. The van der Waals surface area contributed by atoms with Gasteiger partial charge in [-0.1, -0.05) is 29.8 Å². The monoisotopic (exact) mass is 242 g/mol. The van der Waals surface area contributed by atoms with Gasteiger partial charge in [-0.25, -0.2) is 0 Å². The maximum atomic E-state index is 11.6. The molecule has 5 nitrogen and oxygen atoms in total. The molecule has 1 rings (SSSR count). The number of oxime groups is 1. The summed E-state index contributed by atoms with van der Waals surface area (Å²) in [6.07, 6.45) is 0.434. The summed E-state index contributed by atoms with van der Waals surface area (Å²) < 4.78 is 27.6. The normalized spacial score (nSPS) is 12.5. The molecule has 0 aliphatic heterocycles. The van der Waals surface area contributed by atoms with Crippen molar-refractivity contribution in [2.45, 2.75) is 25.2 Å². The highest BCUT2D eigenvalue weighted by Gasteiger charge is 2.15. The standard InChI is InChI=1S/C10H14N2O3S/c1-3-10(11)12-15-16(13,14)9-6-4-8(2)5-7-9/h4-7H,3H2,1-2H3,(H2,11,12). The van der Waals surface area contributed by atoms with E-state index in [9.17, 15) is 8.42 Å². The molecule has 0 bridgehead atoms. The summed E-state index contributed by atoms with van der Waals surface area (Å²) in [6, 6.07) is 6.29. The molecule has 0 amide bonds. The topological polar surface area (TPSA) is 81.8 Å². The second-order valence-electron chi connectivity index (χ2n) is 3.28. The smallest absolute Gasteiger partial charge is 0.358 e. The zero-order chi connectivity index (χ0) is 12.2. The number of aryl methyl sites for hydroxylation is 1. The van der Waals surface area contributed by atoms with Gasteiger partial charge in [-0.2, -0.15) is 8.42 Å². The number of benzene rings is 1. The molecule has 0 radical (unpaired) electrons. The van der Waals surface area contributed by atoms with E-state index in [1.165, 1.54) is 12.1 Å². The number of nitrogens with zero attached hydrogens (tertiary/aromatic N) is 1. The number of amidine groups is 1. The molecule has 1 aromatic carbocycles. The van der Waals surface area contributed by atoms with Gasteiger partial charge in [-0.05, 0) is 19.1 Å². The van der Waals surface area contributed by atoms with E-state index in [1.54, 1.807) is 19.1 Å². The van der Waals surface area contributed by atoms with Crippen LogP contribution in [0.25, 0.3) is 0 Å². The maximum absolute atomic E-state index is 11.6. The van der Waals surface area contributed by atoms with E-state index in [0.717, 1.165) is 5.56 Å². The lowest BCUT2D eigenvalue weighted by molar-refractivity contribution is 0.337. The van der Waals surface area contributed by atoms with Gasteiger partial charge in [0.05, 0.1) is 0 Å². The second-order valence-corrected chi connectivity index (χ2v) is 4.81. The van der Waals surface area contributed by atoms with Crippen LogP contribution < -0.4 is 5.73 Å². The Hall–Kier alpha value is -1.56. The third kappa shape index (κ3) is 3.23. The average Bonchev–Trinajstić information content (AvgIpc) is 2.26. The lowest BCUT2D eigenvalue weighted by atomic mass is 10.2. The zero-order valence-corrected chi connectivity index (χ0v) is 9.99. The molecule has 0 aliphatic rings. The fourth-order valence-corrected chi connectivity index (χ4v) is 1.66. The van der Waals surface area contributed by atoms with Crippen molar-refractivity contribution >= 4 is 16.0 Å². The third-order valence-electron chi connectivity index (χ3n) is 1.92. The van der Waals surface area contributed by atoms with Gasteiger partial charge in [0.15, 0.2) is 0 Å². The van der Waals surface area contributed by atoms with E-state index in [-0.39, 0.29) is 10.7 Å². The summed E-state index contributed by atoms with van der Waals surface area (Å²) in [5, 5.41) is 3.32. The van der Waals surface area contributed by atoms with Gasteiger partial charge >= 0.3 is 10.1 Å². The van der Waals surface area contributed by atoms with Crippen LogP contribution in [0.5, 0.6) is 0 Å². The molecule has 0 unspecified atom stereocenters. The quantitative estimate of drug-likeness (QED) is 0.491. The molecule has 0 heterocycles. The van der Waals surface area contributed by atoms with Crippen LogP contribution in [0, 0.1) is 6.92 Å². The van der Waals surface area contributed by atoms with Gasteiger partial charge < -0.3 is 5.73 Å². The highest BCUT2D eigenvalue weighted by atomic mass is 32.2. The SMILES string of the molecule is CC/C(N)=N\OS(=O)(=O)c1ccc(C)cc1. The van der Waals surface area contributed by atoms with Crippen LogP contribution in [-0.4, -0.2) is 14.3 Å². The Labute approximate surface area is 95.0 Å². The molecule has 0 aromatic heterocycles. The minimum Gasteiger partial charge on any atom is -0.384 e. The van der Waals surface area contributed by atoms with Crippen molar-refractivity contribution in [1.82, 2.24) is 0 Å². The summed E-state index contributed by atoms with van der Waals surface area (Å²) in [6.45, 7) is 3.62. The molecule has 6 heteroatoms. The van der Waals surface area contributed by atoms with Gasteiger partial charge in [0, 0.05) is 6.42 Å². The number of hydrogen-bond acceptors (Lipinski definition) is 4. The molecule has 0 saturated heterocycles. The Bertz CT molecular complexity index is 477. The van der Waals surface area contributed by atoms with Gasteiger partial charge in [0.25, 0.3) is 0 Å². The fraction of sp³-hybridized carbons (Fsp3) is 0.300. The summed E-state index contributed by atoms with van der Waals surface area (Å²) >= 11 is 0. The molecule has 0 saturated carbocycles. The van der Waals surface area contributed by atoms with Gasteiger partial charge in [-0.3, -0.25) is 4.28 Å². The van der Waals surface area contributed by atoms with Gasteiger partial charge in [0.2, 0.25) is 0 Å². The molecule has 1 aromatic rings. The van der Waals surface area contributed by atoms with Crippen molar-refractivity contribution in [2.24, 2.45) is 10.9 Å². The molecule has 0 fully saturated rings. The number of nitrogens with two attached hydrogens (primary N) is 1. The van der Waals surface area contributed by atoms with Crippen molar-refractivity contribution in [3.05, 3.63) is 29.8 Å². The van der Waals surface area contributed by atoms with Crippen molar-refractivity contribution in [3.8, 4) is 0 Å². The van der Waals surface area contributed by atoms with Crippen molar-refractivity contribution in [1.29, 1.82) is 0 Å². The summed E-state index contributed by atoms with van der Waals surface area (Å²) in [5.74, 6) is 0.135. The number of rotatable bonds is 4. The Balaban J connectivity index is 2.91. The Morgan fingerprint density at radius 1 is 1.38 bits per heavy atom. The lowest BCUT2D eigenvalue weighted by Crippen LogP contribution is -2.12. The van der Waals surface area contributed by atoms with Crippen LogP contribution in [0.2, 0.25) is 0 Å². The predicted octanol–water partition coefficient (Wildman–Crippen LogP) is 1.38. The minimum atomic E-state index is -3.85. The Kier molecular flexibility index (Phi) is 3.89. The van der Waals surface area contributed by atoms with Gasteiger partial charge in [0.1, 0.15) is 10.7 Å². The van der Waals surface area contributed by atoms with E-state index in [2.05, 4.69) is 9.44 Å². The molecule has 0 aliphatic carbocycles. The first kappa shape index (κ1) is 12.5. The van der Waals surface area contributed by atoms with Crippen LogP contribution in [0.1, 0.15) is 18.9 Å². The summed E-state index contributed by atoms with van der Waals surface area (Å²) in [7, 11) is -3.85. The molecule has 88 valence electrons. The minimum absolute atomic E-state index is 0.0609. The molecule has 0 atom stereocenters. The molecule has 0 spiro atoms. The van der Waals surface area contributed by atoms with E-state index < -0.39 is 10.1 Å². The molecule has 2 N–H and O–H groups in total. The van der Waals surface area contributed by atoms with E-state index in [1.807, 2.05) is 6.92 Å². The maximum Gasteiger partial charge on any atom is 0.358 e.